The van der Waals surface area contributed by atoms with Crippen LogP contribution >= 0.6 is 0 Å². The summed E-state index contributed by atoms with van der Waals surface area (Å²) in [5.74, 6) is 0.787. The summed E-state index contributed by atoms with van der Waals surface area (Å²) in [6.45, 7) is 3.99. The maximum atomic E-state index is 5.95. The van der Waals surface area contributed by atoms with Crippen LogP contribution in [0.25, 0.3) is 5.69 Å². The molecule has 4 heteroatoms. The Hall–Kier alpha value is -1.97. The fourth-order valence-corrected chi connectivity index (χ4v) is 1.60. The van der Waals surface area contributed by atoms with E-state index in [1.165, 1.54) is 0 Å². The third-order valence-corrected chi connectivity index (χ3v) is 2.75. The van der Waals surface area contributed by atoms with Gasteiger partial charge in [-0.3, -0.25) is 0 Å². The first-order chi connectivity index (χ1) is 7.63. The number of hydrogen-bond donors (Lipinski definition) is 1. The number of methoxy groups -OCH3 is 1. The summed E-state index contributed by atoms with van der Waals surface area (Å²) in [5.41, 5.74) is 9.65. The molecule has 2 N–H and O–H groups in total. The van der Waals surface area contributed by atoms with Crippen molar-refractivity contribution in [2.24, 2.45) is 0 Å². The summed E-state index contributed by atoms with van der Waals surface area (Å²) >= 11 is 0. The van der Waals surface area contributed by atoms with Gasteiger partial charge in [-0.15, -0.1) is 0 Å². The Bertz CT molecular complexity index is 517. The number of nitrogen functional groups attached to an aromatic ring is 1. The minimum Gasteiger partial charge on any atom is -0.497 e. The Labute approximate surface area is 94.7 Å². The number of aromatic nitrogens is 2. The molecule has 0 spiro atoms. The zero-order chi connectivity index (χ0) is 11.7. The minimum absolute atomic E-state index is 0.710. The van der Waals surface area contributed by atoms with E-state index in [2.05, 4.69) is 4.98 Å². The SMILES string of the molecule is COc1ccc(N)c(-n2cnc(C)c2C)c1. The molecule has 16 heavy (non-hydrogen) atoms. The van der Waals surface area contributed by atoms with E-state index in [-0.39, 0.29) is 0 Å². The zero-order valence-electron chi connectivity index (χ0n) is 9.69. The summed E-state index contributed by atoms with van der Waals surface area (Å²) in [5, 5.41) is 0. The van der Waals surface area contributed by atoms with Crippen molar-refractivity contribution in [3.8, 4) is 11.4 Å². The van der Waals surface area contributed by atoms with Crippen molar-refractivity contribution >= 4 is 5.69 Å². The molecule has 1 aromatic carbocycles. The monoisotopic (exact) mass is 217 g/mol. The molecular formula is C12H15N3O. The molecule has 2 aromatic rings. The van der Waals surface area contributed by atoms with Crippen LogP contribution in [0.3, 0.4) is 0 Å². The normalized spacial score (nSPS) is 10.4. The molecule has 0 aliphatic rings. The number of nitrogens with two attached hydrogens (primary N) is 1. The zero-order valence-corrected chi connectivity index (χ0v) is 9.69. The smallest absolute Gasteiger partial charge is 0.121 e. The van der Waals surface area contributed by atoms with Gasteiger partial charge in [0.05, 0.1) is 30.5 Å². The van der Waals surface area contributed by atoms with E-state index in [9.17, 15) is 0 Å². The van der Waals surface area contributed by atoms with Gasteiger partial charge in [0, 0.05) is 11.8 Å². The molecule has 84 valence electrons. The molecule has 1 heterocycles. The van der Waals surface area contributed by atoms with Crippen molar-refractivity contribution in [1.82, 2.24) is 9.55 Å². The van der Waals surface area contributed by atoms with Gasteiger partial charge in [-0.2, -0.15) is 0 Å². The molecule has 4 nitrogen and oxygen atoms in total. The third kappa shape index (κ3) is 1.62. The number of benzene rings is 1. The first-order valence-electron chi connectivity index (χ1n) is 5.08. The highest BCUT2D eigenvalue weighted by molar-refractivity contribution is 5.61. The van der Waals surface area contributed by atoms with E-state index >= 15 is 0 Å². The highest BCUT2D eigenvalue weighted by Gasteiger charge is 2.08. The van der Waals surface area contributed by atoms with Crippen LogP contribution < -0.4 is 10.5 Å². The van der Waals surface area contributed by atoms with Crippen LogP contribution in [0, 0.1) is 13.8 Å². The third-order valence-electron chi connectivity index (χ3n) is 2.75. The summed E-state index contributed by atoms with van der Waals surface area (Å²) < 4.78 is 7.15. The second kappa shape index (κ2) is 3.89. The molecule has 0 fully saturated rings. The molecule has 1 aromatic heterocycles. The highest BCUT2D eigenvalue weighted by atomic mass is 16.5. The second-order valence-electron chi connectivity index (χ2n) is 3.71. The molecule has 0 unspecified atom stereocenters. The summed E-state index contributed by atoms with van der Waals surface area (Å²) in [4.78, 5) is 4.26. The molecule has 2 rings (SSSR count). The Balaban J connectivity index is 2.59. The number of nitrogens with zero attached hydrogens (tertiary/aromatic N) is 2. The number of ether oxygens (including phenoxy) is 1. The fourth-order valence-electron chi connectivity index (χ4n) is 1.60. The number of rotatable bonds is 2. The fraction of sp³-hybridized carbons (Fsp3) is 0.250. The van der Waals surface area contributed by atoms with Crippen molar-refractivity contribution in [2.45, 2.75) is 13.8 Å². The van der Waals surface area contributed by atoms with E-state index in [1.54, 1.807) is 13.4 Å². The van der Waals surface area contributed by atoms with Gasteiger partial charge in [0.15, 0.2) is 0 Å². The molecule has 0 saturated heterocycles. The van der Waals surface area contributed by atoms with Crippen molar-refractivity contribution in [3.63, 3.8) is 0 Å². The average molecular weight is 217 g/mol. The van der Waals surface area contributed by atoms with Gasteiger partial charge in [-0.05, 0) is 26.0 Å². The van der Waals surface area contributed by atoms with Crippen LogP contribution in [-0.4, -0.2) is 16.7 Å². The van der Waals surface area contributed by atoms with Crippen LogP contribution in [0.1, 0.15) is 11.4 Å². The summed E-state index contributed by atoms with van der Waals surface area (Å²) in [7, 11) is 1.64. The van der Waals surface area contributed by atoms with E-state index < -0.39 is 0 Å². The summed E-state index contributed by atoms with van der Waals surface area (Å²) in [6, 6.07) is 5.59. The average Bonchev–Trinajstić information content (AvgIpc) is 2.61. The maximum Gasteiger partial charge on any atom is 0.121 e. The predicted molar refractivity (Wildman–Crippen MR) is 64.0 cm³/mol. The quantitative estimate of drug-likeness (QED) is 0.783. The largest absolute Gasteiger partial charge is 0.497 e. The Morgan fingerprint density at radius 1 is 1.31 bits per heavy atom. The topological polar surface area (TPSA) is 53.1 Å². The van der Waals surface area contributed by atoms with Crippen LogP contribution in [0.15, 0.2) is 24.5 Å². The molecular weight excluding hydrogens is 202 g/mol. The molecule has 0 aliphatic carbocycles. The van der Waals surface area contributed by atoms with Crippen LogP contribution in [0.2, 0.25) is 0 Å². The lowest BCUT2D eigenvalue weighted by Gasteiger charge is -2.10. The van der Waals surface area contributed by atoms with Gasteiger partial charge in [-0.25, -0.2) is 4.98 Å². The van der Waals surface area contributed by atoms with Crippen LogP contribution in [0.5, 0.6) is 5.75 Å². The Kier molecular flexibility index (Phi) is 2.56. The van der Waals surface area contributed by atoms with Crippen molar-refractivity contribution in [2.75, 3.05) is 12.8 Å². The molecule has 0 bridgehead atoms. The Morgan fingerprint density at radius 3 is 2.62 bits per heavy atom. The van der Waals surface area contributed by atoms with E-state index in [0.717, 1.165) is 22.8 Å². The first kappa shape index (κ1) is 10.5. The van der Waals surface area contributed by atoms with Crippen molar-refractivity contribution in [3.05, 3.63) is 35.9 Å². The van der Waals surface area contributed by atoms with Crippen LogP contribution in [0.4, 0.5) is 5.69 Å². The van der Waals surface area contributed by atoms with Gasteiger partial charge < -0.3 is 15.0 Å². The van der Waals surface area contributed by atoms with Gasteiger partial charge >= 0.3 is 0 Å². The van der Waals surface area contributed by atoms with E-state index in [0.29, 0.717) is 5.69 Å². The molecule has 0 radical (unpaired) electrons. The molecule has 0 saturated carbocycles. The van der Waals surface area contributed by atoms with Gasteiger partial charge in [0.25, 0.3) is 0 Å². The molecule has 0 atom stereocenters. The van der Waals surface area contributed by atoms with Gasteiger partial charge in [-0.1, -0.05) is 0 Å². The lowest BCUT2D eigenvalue weighted by atomic mass is 10.2. The van der Waals surface area contributed by atoms with E-state index in [1.807, 2.05) is 36.6 Å². The Morgan fingerprint density at radius 2 is 2.06 bits per heavy atom. The van der Waals surface area contributed by atoms with Crippen LogP contribution in [-0.2, 0) is 0 Å². The van der Waals surface area contributed by atoms with E-state index in [4.69, 9.17) is 10.5 Å². The standard InChI is InChI=1S/C12H15N3O/c1-8-9(2)15(7-14-8)12-6-10(16-3)4-5-11(12)13/h4-7H,13H2,1-3H3. The number of imidazole rings is 1. The van der Waals surface area contributed by atoms with Crippen molar-refractivity contribution < 1.29 is 4.74 Å². The first-order valence-corrected chi connectivity index (χ1v) is 5.08. The lowest BCUT2D eigenvalue weighted by Crippen LogP contribution is -2.01. The number of anilines is 1. The molecule has 0 aliphatic heterocycles. The second-order valence-corrected chi connectivity index (χ2v) is 3.71. The van der Waals surface area contributed by atoms with Crippen molar-refractivity contribution in [1.29, 1.82) is 0 Å². The number of hydrogen-bond acceptors (Lipinski definition) is 3. The van der Waals surface area contributed by atoms with Gasteiger partial charge in [0.1, 0.15) is 5.75 Å². The summed E-state index contributed by atoms with van der Waals surface area (Å²) in [6.07, 6.45) is 1.77. The highest BCUT2D eigenvalue weighted by Crippen LogP contribution is 2.24. The minimum atomic E-state index is 0.710. The predicted octanol–water partition coefficient (Wildman–Crippen LogP) is 2.08. The van der Waals surface area contributed by atoms with Gasteiger partial charge in [0.2, 0.25) is 0 Å². The maximum absolute atomic E-state index is 5.95. The number of aryl methyl sites for hydroxylation is 1. The molecule has 0 amide bonds. The lowest BCUT2D eigenvalue weighted by molar-refractivity contribution is 0.414.